The van der Waals surface area contributed by atoms with Gasteiger partial charge in [0.15, 0.2) is 0 Å². The van der Waals surface area contributed by atoms with Crippen LogP contribution in [0.25, 0.3) is 0 Å². The van der Waals surface area contributed by atoms with Crippen LogP contribution >= 0.6 is 0 Å². The van der Waals surface area contributed by atoms with Gasteiger partial charge in [-0.2, -0.15) is 0 Å². The number of hydrogen-bond donors (Lipinski definition) is 2. The van der Waals surface area contributed by atoms with Gasteiger partial charge in [-0.05, 0) is 36.8 Å². The summed E-state index contributed by atoms with van der Waals surface area (Å²) < 4.78 is 0. The van der Waals surface area contributed by atoms with E-state index in [1.807, 2.05) is 0 Å². The van der Waals surface area contributed by atoms with Crippen molar-refractivity contribution in [3.05, 3.63) is 59.7 Å². The topological polar surface area (TPSA) is 83.6 Å². The third-order valence-electron chi connectivity index (χ3n) is 3.21. The van der Waals surface area contributed by atoms with E-state index < -0.39 is 12.5 Å². The number of carbonyl (C=O) groups is 2. The van der Waals surface area contributed by atoms with Crippen LogP contribution in [0.1, 0.15) is 15.9 Å². The minimum atomic E-state index is -1.08. The molecule has 5 nitrogen and oxygen atoms in total. The molecule has 0 radical (unpaired) electrons. The van der Waals surface area contributed by atoms with Crippen molar-refractivity contribution in [3.63, 3.8) is 0 Å². The molecule has 0 aliphatic rings. The largest absolute Gasteiger partial charge is 0.480 e. The molecular formula is C16H16N2O3. The van der Waals surface area contributed by atoms with Crippen LogP contribution in [0.2, 0.25) is 0 Å². The third-order valence-corrected chi connectivity index (χ3v) is 3.21. The van der Waals surface area contributed by atoms with Crippen LogP contribution in [0.5, 0.6) is 0 Å². The highest BCUT2D eigenvalue weighted by atomic mass is 16.4. The van der Waals surface area contributed by atoms with Crippen molar-refractivity contribution in [2.75, 3.05) is 17.2 Å². The molecule has 0 spiro atoms. The molecule has 1 amide bonds. The summed E-state index contributed by atoms with van der Waals surface area (Å²) >= 11 is 0. The maximum absolute atomic E-state index is 12.7. The predicted octanol–water partition coefficient (Wildman–Crippen LogP) is 2.31. The number of carboxylic acid groups (broad SMARTS) is 1. The standard InChI is InChI=1S/C16H16N2O3/c1-11-13(8-5-9-14(11)17)16(21)18(10-15(19)20)12-6-3-2-4-7-12/h2-9H,10,17H2,1H3,(H,19,20). The number of anilines is 2. The van der Waals surface area contributed by atoms with E-state index in [1.165, 1.54) is 4.90 Å². The Labute approximate surface area is 122 Å². The summed E-state index contributed by atoms with van der Waals surface area (Å²) in [4.78, 5) is 24.9. The van der Waals surface area contributed by atoms with E-state index in [-0.39, 0.29) is 5.91 Å². The maximum atomic E-state index is 12.7. The van der Waals surface area contributed by atoms with Crippen molar-refractivity contribution < 1.29 is 14.7 Å². The Balaban J connectivity index is 2.44. The number of carboxylic acids is 1. The molecule has 0 bridgehead atoms. The lowest BCUT2D eigenvalue weighted by molar-refractivity contribution is -0.135. The molecule has 5 heteroatoms. The number of rotatable bonds is 4. The quantitative estimate of drug-likeness (QED) is 0.844. The zero-order valence-corrected chi connectivity index (χ0v) is 11.6. The Morgan fingerprint density at radius 1 is 1.10 bits per heavy atom. The lowest BCUT2D eigenvalue weighted by Crippen LogP contribution is -2.36. The van der Waals surface area contributed by atoms with E-state index in [9.17, 15) is 9.59 Å². The first-order valence-electron chi connectivity index (χ1n) is 6.44. The summed E-state index contributed by atoms with van der Waals surface area (Å²) in [6.45, 7) is 1.34. The van der Waals surface area contributed by atoms with Crippen molar-refractivity contribution in [2.45, 2.75) is 6.92 Å². The molecule has 21 heavy (non-hydrogen) atoms. The number of amides is 1. The minimum Gasteiger partial charge on any atom is -0.480 e. The van der Waals surface area contributed by atoms with Crippen LogP contribution < -0.4 is 10.6 Å². The second-order valence-corrected chi connectivity index (χ2v) is 4.64. The molecule has 2 aromatic rings. The first-order chi connectivity index (χ1) is 10.0. The van der Waals surface area contributed by atoms with Crippen LogP contribution in [-0.2, 0) is 4.79 Å². The smallest absolute Gasteiger partial charge is 0.323 e. The molecule has 2 rings (SSSR count). The first kappa shape index (κ1) is 14.6. The normalized spacial score (nSPS) is 10.1. The Morgan fingerprint density at radius 3 is 2.38 bits per heavy atom. The molecule has 0 aliphatic heterocycles. The number of hydrogen-bond acceptors (Lipinski definition) is 3. The molecule has 3 N–H and O–H groups in total. The number of nitrogen functional groups attached to an aromatic ring is 1. The van der Waals surface area contributed by atoms with Crippen molar-refractivity contribution in [1.29, 1.82) is 0 Å². The van der Waals surface area contributed by atoms with Gasteiger partial charge in [0.2, 0.25) is 0 Å². The van der Waals surface area contributed by atoms with Crippen LogP contribution in [0.3, 0.4) is 0 Å². The number of nitrogens with two attached hydrogens (primary N) is 1. The lowest BCUT2D eigenvalue weighted by atomic mass is 10.1. The van der Waals surface area contributed by atoms with E-state index in [0.717, 1.165) is 0 Å². The van der Waals surface area contributed by atoms with E-state index in [2.05, 4.69) is 0 Å². The highest BCUT2D eigenvalue weighted by molar-refractivity contribution is 6.09. The van der Waals surface area contributed by atoms with E-state index in [1.54, 1.807) is 55.5 Å². The highest BCUT2D eigenvalue weighted by Gasteiger charge is 2.22. The van der Waals surface area contributed by atoms with Crippen LogP contribution in [0.15, 0.2) is 48.5 Å². The van der Waals surface area contributed by atoms with Gasteiger partial charge in [-0.3, -0.25) is 14.5 Å². The molecule has 0 unspecified atom stereocenters. The number of benzene rings is 2. The molecule has 0 heterocycles. The second-order valence-electron chi connectivity index (χ2n) is 4.64. The van der Waals surface area contributed by atoms with Gasteiger partial charge in [0.05, 0.1) is 0 Å². The number of aliphatic carboxylic acids is 1. The van der Waals surface area contributed by atoms with Crippen molar-refractivity contribution in [3.8, 4) is 0 Å². The Bertz CT molecular complexity index is 668. The average molecular weight is 284 g/mol. The summed E-state index contributed by atoms with van der Waals surface area (Å²) in [6.07, 6.45) is 0. The zero-order chi connectivity index (χ0) is 15.4. The summed E-state index contributed by atoms with van der Waals surface area (Å²) in [6, 6.07) is 13.7. The monoisotopic (exact) mass is 284 g/mol. The van der Waals surface area contributed by atoms with Crippen LogP contribution in [-0.4, -0.2) is 23.5 Å². The lowest BCUT2D eigenvalue weighted by Gasteiger charge is -2.22. The SMILES string of the molecule is Cc1c(N)cccc1C(=O)N(CC(=O)O)c1ccccc1. The van der Waals surface area contributed by atoms with Gasteiger partial charge in [0, 0.05) is 16.9 Å². The average Bonchev–Trinajstić information content (AvgIpc) is 2.48. The Hall–Kier alpha value is -2.82. The summed E-state index contributed by atoms with van der Waals surface area (Å²) in [5.74, 6) is -1.46. The fourth-order valence-electron chi connectivity index (χ4n) is 2.05. The molecule has 0 saturated heterocycles. The van der Waals surface area contributed by atoms with Gasteiger partial charge in [0.1, 0.15) is 6.54 Å². The van der Waals surface area contributed by atoms with E-state index in [4.69, 9.17) is 10.8 Å². The van der Waals surface area contributed by atoms with Crippen LogP contribution in [0.4, 0.5) is 11.4 Å². The van der Waals surface area contributed by atoms with E-state index >= 15 is 0 Å². The second kappa shape index (κ2) is 6.09. The Morgan fingerprint density at radius 2 is 1.76 bits per heavy atom. The predicted molar refractivity (Wildman–Crippen MR) is 81.3 cm³/mol. The zero-order valence-electron chi connectivity index (χ0n) is 11.6. The molecule has 2 aromatic carbocycles. The van der Waals surface area contributed by atoms with E-state index in [0.29, 0.717) is 22.5 Å². The highest BCUT2D eigenvalue weighted by Crippen LogP contribution is 2.21. The van der Waals surface area contributed by atoms with Gasteiger partial charge in [-0.1, -0.05) is 24.3 Å². The molecule has 0 aromatic heterocycles. The molecule has 0 aliphatic carbocycles. The van der Waals surface area contributed by atoms with Gasteiger partial charge < -0.3 is 10.8 Å². The molecular weight excluding hydrogens is 268 g/mol. The molecule has 0 atom stereocenters. The van der Waals surface area contributed by atoms with Crippen molar-refractivity contribution in [2.24, 2.45) is 0 Å². The van der Waals surface area contributed by atoms with Gasteiger partial charge >= 0.3 is 5.97 Å². The van der Waals surface area contributed by atoms with Crippen LogP contribution in [0, 0.1) is 6.92 Å². The first-order valence-corrected chi connectivity index (χ1v) is 6.44. The number of carbonyl (C=O) groups excluding carboxylic acids is 1. The molecule has 0 saturated carbocycles. The van der Waals surface area contributed by atoms with Gasteiger partial charge in [-0.15, -0.1) is 0 Å². The Kier molecular flexibility index (Phi) is 4.23. The summed E-state index contributed by atoms with van der Waals surface area (Å²) in [7, 11) is 0. The van der Waals surface area contributed by atoms with Crippen molar-refractivity contribution in [1.82, 2.24) is 0 Å². The fourth-order valence-corrected chi connectivity index (χ4v) is 2.05. The summed E-state index contributed by atoms with van der Waals surface area (Å²) in [5.41, 5.74) is 7.90. The minimum absolute atomic E-state index is 0.381. The van der Waals surface area contributed by atoms with Gasteiger partial charge in [0.25, 0.3) is 5.91 Å². The molecule has 108 valence electrons. The summed E-state index contributed by atoms with van der Waals surface area (Å²) in [5, 5.41) is 9.05. The number of para-hydroxylation sites is 1. The third kappa shape index (κ3) is 3.20. The van der Waals surface area contributed by atoms with Gasteiger partial charge in [-0.25, -0.2) is 0 Å². The maximum Gasteiger partial charge on any atom is 0.323 e. The van der Waals surface area contributed by atoms with Crippen molar-refractivity contribution >= 4 is 23.3 Å². The fraction of sp³-hybridized carbons (Fsp3) is 0.125. The molecule has 0 fully saturated rings. The number of nitrogens with zero attached hydrogens (tertiary/aromatic N) is 1.